The predicted octanol–water partition coefficient (Wildman–Crippen LogP) is 5.59. The summed E-state index contributed by atoms with van der Waals surface area (Å²) in [5.41, 5.74) is 4.74. The van der Waals surface area contributed by atoms with Gasteiger partial charge in [0.2, 0.25) is 0 Å². The van der Waals surface area contributed by atoms with Crippen LogP contribution in [0.4, 0.5) is 0 Å². The summed E-state index contributed by atoms with van der Waals surface area (Å²) in [4.78, 5) is 0. The monoisotopic (exact) mass is 246 g/mol. The summed E-state index contributed by atoms with van der Waals surface area (Å²) in [6, 6.07) is 0. The quantitative estimate of drug-likeness (QED) is 0.529. The molecule has 0 aromatic heterocycles. The molecule has 102 valence electrons. The van der Waals surface area contributed by atoms with Crippen LogP contribution in [-0.4, -0.2) is 0 Å². The van der Waals surface area contributed by atoms with Crippen LogP contribution >= 0.6 is 0 Å². The summed E-state index contributed by atoms with van der Waals surface area (Å²) < 4.78 is 0. The Labute approximate surface area is 113 Å². The van der Waals surface area contributed by atoms with Gasteiger partial charge in [0.05, 0.1) is 0 Å². The third kappa shape index (κ3) is 1.38. The molecule has 0 saturated heterocycles. The minimum absolute atomic E-state index is 0.512. The van der Waals surface area contributed by atoms with Gasteiger partial charge in [0.25, 0.3) is 0 Å². The van der Waals surface area contributed by atoms with Crippen LogP contribution in [0.15, 0.2) is 11.1 Å². The fraction of sp³-hybridized carbons (Fsp3) is 0.889. The van der Waals surface area contributed by atoms with E-state index in [-0.39, 0.29) is 0 Å². The Morgan fingerprint density at radius 1 is 1.00 bits per heavy atom. The first-order valence-electron chi connectivity index (χ1n) is 8.11. The number of hydrogen-bond acceptors (Lipinski definition) is 0. The van der Waals surface area contributed by atoms with Crippen molar-refractivity contribution in [3.05, 3.63) is 11.1 Å². The van der Waals surface area contributed by atoms with E-state index in [4.69, 9.17) is 0 Å². The summed E-state index contributed by atoms with van der Waals surface area (Å²) in [7, 11) is 0. The van der Waals surface area contributed by atoms with Gasteiger partial charge in [-0.3, -0.25) is 0 Å². The van der Waals surface area contributed by atoms with Gasteiger partial charge in [-0.25, -0.2) is 0 Å². The van der Waals surface area contributed by atoms with Crippen LogP contribution in [0.25, 0.3) is 0 Å². The van der Waals surface area contributed by atoms with E-state index in [0.29, 0.717) is 10.8 Å². The molecule has 3 aliphatic carbocycles. The van der Waals surface area contributed by atoms with E-state index in [9.17, 15) is 0 Å². The number of allylic oxidation sites excluding steroid dienone is 2. The van der Waals surface area contributed by atoms with Crippen molar-refractivity contribution in [3.63, 3.8) is 0 Å². The van der Waals surface area contributed by atoms with E-state index in [1.165, 1.54) is 38.5 Å². The Kier molecular flexibility index (Phi) is 2.74. The van der Waals surface area contributed by atoms with Crippen molar-refractivity contribution >= 4 is 0 Å². The largest absolute Gasteiger partial charge is 0.0696 e. The molecule has 0 aliphatic heterocycles. The molecular weight excluding hydrogens is 216 g/mol. The molecule has 0 amide bonds. The normalized spacial score (nSPS) is 46.8. The maximum Gasteiger partial charge on any atom is -0.00538 e. The Bertz CT molecular complexity index is 387. The Balaban J connectivity index is 2.02. The molecule has 2 saturated carbocycles. The predicted molar refractivity (Wildman–Crippen MR) is 78.4 cm³/mol. The zero-order valence-electron chi connectivity index (χ0n) is 13.0. The molecule has 2 fully saturated rings. The summed E-state index contributed by atoms with van der Waals surface area (Å²) in [6.45, 7) is 12.6. The summed E-state index contributed by atoms with van der Waals surface area (Å²) in [6.07, 6.45) is 8.75. The van der Waals surface area contributed by atoms with E-state index in [1.807, 2.05) is 5.57 Å². The van der Waals surface area contributed by atoms with Gasteiger partial charge in [-0.15, -0.1) is 0 Å². The molecule has 0 aromatic carbocycles. The fourth-order valence-corrected chi connectivity index (χ4v) is 5.81. The minimum Gasteiger partial charge on any atom is -0.0696 e. The van der Waals surface area contributed by atoms with E-state index in [1.54, 1.807) is 5.57 Å². The van der Waals surface area contributed by atoms with Crippen LogP contribution in [0, 0.1) is 28.6 Å². The van der Waals surface area contributed by atoms with Gasteiger partial charge in [-0.2, -0.15) is 0 Å². The van der Waals surface area contributed by atoms with Gasteiger partial charge in [0, 0.05) is 0 Å². The maximum absolute atomic E-state index is 2.58. The van der Waals surface area contributed by atoms with Gasteiger partial charge in [-0.05, 0) is 54.8 Å². The second-order valence-electron chi connectivity index (χ2n) is 8.11. The lowest BCUT2D eigenvalue weighted by Crippen LogP contribution is -2.34. The van der Waals surface area contributed by atoms with Gasteiger partial charge < -0.3 is 0 Å². The fourth-order valence-electron chi connectivity index (χ4n) is 5.81. The zero-order chi connectivity index (χ0) is 13.1. The van der Waals surface area contributed by atoms with Crippen molar-refractivity contribution in [3.8, 4) is 0 Å². The third-order valence-electron chi connectivity index (χ3n) is 7.25. The van der Waals surface area contributed by atoms with Crippen LogP contribution in [0.1, 0.15) is 73.1 Å². The number of rotatable bonds is 1. The smallest absolute Gasteiger partial charge is 0.00538 e. The number of hydrogen-bond donors (Lipinski definition) is 0. The highest BCUT2D eigenvalue weighted by Gasteiger charge is 2.60. The molecule has 3 aliphatic rings. The van der Waals surface area contributed by atoms with Gasteiger partial charge >= 0.3 is 0 Å². The van der Waals surface area contributed by atoms with E-state index >= 15 is 0 Å². The number of fused-ring (bicyclic) bond motifs is 2. The van der Waals surface area contributed by atoms with Crippen molar-refractivity contribution in [2.24, 2.45) is 28.6 Å². The molecule has 18 heavy (non-hydrogen) atoms. The lowest BCUT2D eigenvalue weighted by atomic mass is 9.61. The van der Waals surface area contributed by atoms with Gasteiger partial charge in [0.1, 0.15) is 0 Å². The Hall–Kier alpha value is -0.260. The van der Waals surface area contributed by atoms with Crippen LogP contribution in [-0.2, 0) is 0 Å². The highest BCUT2D eigenvalue weighted by Crippen LogP contribution is 2.70. The maximum atomic E-state index is 2.58. The van der Waals surface area contributed by atoms with Crippen molar-refractivity contribution in [2.45, 2.75) is 73.1 Å². The van der Waals surface area contributed by atoms with Crippen LogP contribution in [0.2, 0.25) is 0 Å². The van der Waals surface area contributed by atoms with Gasteiger partial charge in [0.15, 0.2) is 0 Å². The second kappa shape index (κ2) is 3.87. The Morgan fingerprint density at radius 3 is 2.22 bits per heavy atom. The van der Waals surface area contributed by atoms with Crippen LogP contribution < -0.4 is 0 Å². The van der Waals surface area contributed by atoms with Crippen molar-refractivity contribution in [2.75, 3.05) is 0 Å². The summed E-state index contributed by atoms with van der Waals surface area (Å²) in [5.74, 6) is 2.72. The van der Waals surface area contributed by atoms with Gasteiger partial charge in [-0.1, -0.05) is 58.1 Å². The Morgan fingerprint density at radius 2 is 1.67 bits per heavy atom. The molecular formula is C18H30. The van der Waals surface area contributed by atoms with E-state index in [0.717, 1.165) is 17.8 Å². The molecule has 2 bridgehead atoms. The van der Waals surface area contributed by atoms with Crippen molar-refractivity contribution in [1.82, 2.24) is 0 Å². The molecule has 3 rings (SSSR count). The lowest BCUT2D eigenvalue weighted by Gasteiger charge is -2.43. The topological polar surface area (TPSA) is 0 Å². The molecule has 0 spiro atoms. The van der Waals surface area contributed by atoms with E-state index < -0.39 is 0 Å². The molecule has 0 aromatic rings. The molecule has 0 heteroatoms. The second-order valence-corrected chi connectivity index (χ2v) is 8.11. The first-order valence-corrected chi connectivity index (χ1v) is 8.11. The molecule has 0 nitrogen and oxygen atoms in total. The van der Waals surface area contributed by atoms with E-state index in [2.05, 4.69) is 34.6 Å². The average Bonchev–Trinajstić information content (AvgIpc) is 2.61. The third-order valence-corrected chi connectivity index (χ3v) is 7.25. The zero-order valence-corrected chi connectivity index (χ0v) is 13.0. The summed E-state index contributed by atoms with van der Waals surface area (Å²) in [5, 5.41) is 0. The average molecular weight is 246 g/mol. The highest BCUT2D eigenvalue weighted by molar-refractivity contribution is 5.39. The first-order chi connectivity index (χ1) is 8.39. The highest BCUT2D eigenvalue weighted by atomic mass is 14.6. The van der Waals surface area contributed by atoms with Crippen molar-refractivity contribution < 1.29 is 0 Å². The first kappa shape index (κ1) is 12.8. The summed E-state index contributed by atoms with van der Waals surface area (Å²) >= 11 is 0. The lowest BCUT2D eigenvalue weighted by molar-refractivity contribution is 0.142. The van der Waals surface area contributed by atoms with Crippen molar-refractivity contribution in [1.29, 1.82) is 0 Å². The van der Waals surface area contributed by atoms with Crippen LogP contribution in [0.3, 0.4) is 0 Å². The standard InChI is InChI=1S/C18H30/c1-12-8-6-7-9-14(12)16-13(2)15-10-11-18(16,5)17(15,3)4/h12,14-15H,6-11H2,1-5H3/t12?,14?,15-,18+/m1/s1. The van der Waals surface area contributed by atoms with Crippen LogP contribution in [0.5, 0.6) is 0 Å². The molecule has 0 heterocycles. The molecule has 4 atom stereocenters. The molecule has 2 unspecified atom stereocenters. The SMILES string of the molecule is CC1=C(C2CCCCC2C)[C@]2(C)CC[C@H]1C2(C)C. The molecule has 0 N–H and O–H groups in total. The molecule has 0 radical (unpaired) electrons. The minimum atomic E-state index is 0.512.